The number of carbonyl (C=O) groups is 1. The summed E-state index contributed by atoms with van der Waals surface area (Å²) in [6.45, 7) is 3.57. The van der Waals surface area contributed by atoms with Gasteiger partial charge in [-0.15, -0.1) is 11.8 Å². The Labute approximate surface area is 175 Å². The summed E-state index contributed by atoms with van der Waals surface area (Å²) < 4.78 is 5.73. The zero-order valence-corrected chi connectivity index (χ0v) is 17.6. The van der Waals surface area contributed by atoms with Crippen molar-refractivity contribution in [2.75, 3.05) is 18.9 Å². The van der Waals surface area contributed by atoms with E-state index in [4.69, 9.17) is 27.9 Å². The lowest BCUT2D eigenvalue weighted by Crippen LogP contribution is -2.30. The highest BCUT2D eigenvalue weighted by Crippen LogP contribution is 2.42. The third-order valence-electron chi connectivity index (χ3n) is 4.50. The minimum Gasteiger partial charge on any atom is -0.494 e. The molecule has 0 aromatic heterocycles. The van der Waals surface area contributed by atoms with Crippen molar-refractivity contribution in [3.05, 3.63) is 63.6 Å². The lowest BCUT2D eigenvalue weighted by atomic mass is 10.1. The van der Waals surface area contributed by atoms with Gasteiger partial charge in [0.2, 0.25) is 0 Å². The molecule has 1 unspecified atom stereocenters. The van der Waals surface area contributed by atoms with E-state index in [-0.39, 0.29) is 11.3 Å². The van der Waals surface area contributed by atoms with Crippen LogP contribution in [-0.4, -0.2) is 29.7 Å². The van der Waals surface area contributed by atoms with Crippen LogP contribution in [0.15, 0.2) is 42.5 Å². The summed E-state index contributed by atoms with van der Waals surface area (Å²) in [5.41, 5.74) is 1.58. The van der Waals surface area contributed by atoms with Gasteiger partial charge in [0, 0.05) is 33.5 Å². The minimum atomic E-state index is -0.0905. The number of ether oxygens (including phenoxy) is 1. The van der Waals surface area contributed by atoms with Crippen LogP contribution in [0, 0.1) is 0 Å². The molecule has 1 heterocycles. The fourth-order valence-corrected chi connectivity index (χ4v) is 4.91. The monoisotopic (exact) mass is 423 g/mol. The average Bonchev–Trinajstić information content (AvgIpc) is 3.14. The van der Waals surface area contributed by atoms with Crippen LogP contribution in [0.4, 0.5) is 0 Å². The first-order valence-corrected chi connectivity index (χ1v) is 11.0. The van der Waals surface area contributed by atoms with E-state index in [0.29, 0.717) is 28.8 Å². The third-order valence-corrected chi connectivity index (χ3v) is 6.30. The van der Waals surface area contributed by atoms with E-state index in [2.05, 4.69) is 6.92 Å². The van der Waals surface area contributed by atoms with Crippen molar-refractivity contribution in [1.82, 2.24) is 4.90 Å². The Morgan fingerprint density at radius 2 is 1.96 bits per heavy atom. The summed E-state index contributed by atoms with van der Waals surface area (Å²) in [6.07, 6.45) is 3.38. The molecule has 2 aromatic rings. The molecule has 0 spiro atoms. The maximum Gasteiger partial charge on any atom is 0.255 e. The van der Waals surface area contributed by atoms with Crippen LogP contribution in [0.3, 0.4) is 0 Å². The molecule has 1 aliphatic rings. The molecule has 6 heteroatoms. The van der Waals surface area contributed by atoms with E-state index in [1.165, 1.54) is 6.42 Å². The van der Waals surface area contributed by atoms with Gasteiger partial charge >= 0.3 is 0 Å². The Morgan fingerprint density at radius 3 is 2.67 bits per heavy atom. The third kappa shape index (κ3) is 5.13. The summed E-state index contributed by atoms with van der Waals surface area (Å²) in [5.74, 6) is 1.69. The Balaban J connectivity index is 1.69. The molecule has 0 bridgehead atoms. The number of thioether (sulfide) groups is 1. The molecule has 144 valence electrons. The van der Waals surface area contributed by atoms with Crippen molar-refractivity contribution in [2.24, 2.45) is 0 Å². The predicted octanol–water partition coefficient (Wildman–Crippen LogP) is 6.45. The molecule has 1 atom stereocenters. The summed E-state index contributed by atoms with van der Waals surface area (Å²) in [6, 6.07) is 12.8. The molecule has 1 aliphatic heterocycles. The second-order valence-electron chi connectivity index (χ2n) is 6.47. The molecule has 2 aromatic carbocycles. The van der Waals surface area contributed by atoms with Crippen LogP contribution >= 0.6 is 35.0 Å². The van der Waals surface area contributed by atoms with Crippen LogP contribution < -0.4 is 4.74 Å². The number of unbranched alkanes of at least 4 members (excludes halogenated alkanes) is 2. The van der Waals surface area contributed by atoms with E-state index < -0.39 is 0 Å². The molecule has 0 N–H and O–H groups in total. The quantitative estimate of drug-likeness (QED) is 0.479. The van der Waals surface area contributed by atoms with Crippen molar-refractivity contribution in [3.8, 4) is 5.75 Å². The Hall–Kier alpha value is -1.36. The number of amides is 1. The van der Waals surface area contributed by atoms with Crippen LogP contribution in [0.5, 0.6) is 5.75 Å². The first-order chi connectivity index (χ1) is 13.1. The molecular formula is C21H23Cl2NO2S. The number of hydrogen-bond acceptors (Lipinski definition) is 3. The summed E-state index contributed by atoms with van der Waals surface area (Å²) >= 11 is 14.1. The molecule has 1 saturated heterocycles. The Morgan fingerprint density at radius 1 is 1.19 bits per heavy atom. The first-order valence-electron chi connectivity index (χ1n) is 9.20. The fraction of sp³-hybridized carbons (Fsp3) is 0.381. The largest absolute Gasteiger partial charge is 0.494 e. The fourth-order valence-electron chi connectivity index (χ4n) is 3.04. The average molecular weight is 424 g/mol. The lowest BCUT2D eigenvalue weighted by molar-refractivity contribution is 0.0760. The molecule has 0 radical (unpaired) electrons. The topological polar surface area (TPSA) is 29.5 Å². The smallest absolute Gasteiger partial charge is 0.255 e. The van der Waals surface area contributed by atoms with Crippen molar-refractivity contribution < 1.29 is 9.53 Å². The molecule has 1 fully saturated rings. The highest BCUT2D eigenvalue weighted by Gasteiger charge is 2.32. The van der Waals surface area contributed by atoms with Gasteiger partial charge in [-0.05, 0) is 42.8 Å². The molecule has 27 heavy (non-hydrogen) atoms. The SMILES string of the molecule is CCCCCOc1ccc(C(=O)N2CCSC2c2ccc(Cl)cc2Cl)cc1. The first kappa shape index (κ1) is 20.4. The van der Waals surface area contributed by atoms with Gasteiger partial charge in [-0.2, -0.15) is 0 Å². The molecule has 1 amide bonds. The molecule has 0 saturated carbocycles. The summed E-state index contributed by atoms with van der Waals surface area (Å²) in [5, 5.41) is 1.10. The second kappa shape index (κ2) is 9.72. The number of benzene rings is 2. The number of nitrogens with zero attached hydrogens (tertiary/aromatic N) is 1. The standard InChI is InChI=1S/C21H23Cl2NO2S/c1-2-3-4-12-26-17-8-5-15(6-9-17)20(25)24-11-13-27-21(24)18-10-7-16(22)14-19(18)23/h5-10,14,21H,2-4,11-13H2,1H3. The van der Waals surface area contributed by atoms with E-state index >= 15 is 0 Å². The zero-order valence-electron chi connectivity index (χ0n) is 15.3. The molecule has 0 aliphatic carbocycles. The minimum absolute atomic E-state index is 0.00792. The van der Waals surface area contributed by atoms with E-state index in [0.717, 1.165) is 29.9 Å². The summed E-state index contributed by atoms with van der Waals surface area (Å²) in [4.78, 5) is 14.9. The number of carbonyl (C=O) groups excluding carboxylic acids is 1. The van der Waals surface area contributed by atoms with Crippen LogP contribution in [0.2, 0.25) is 10.0 Å². The zero-order chi connectivity index (χ0) is 19.2. The van der Waals surface area contributed by atoms with Gasteiger partial charge in [0.05, 0.1) is 6.61 Å². The van der Waals surface area contributed by atoms with Gasteiger partial charge in [0.15, 0.2) is 0 Å². The van der Waals surface area contributed by atoms with Gasteiger partial charge < -0.3 is 9.64 Å². The number of rotatable bonds is 7. The van der Waals surface area contributed by atoms with Crippen molar-refractivity contribution in [2.45, 2.75) is 31.6 Å². The molecular weight excluding hydrogens is 401 g/mol. The maximum atomic E-state index is 13.0. The molecule has 3 rings (SSSR count). The van der Waals surface area contributed by atoms with Gasteiger partial charge in [-0.3, -0.25) is 4.79 Å². The van der Waals surface area contributed by atoms with Crippen molar-refractivity contribution in [1.29, 1.82) is 0 Å². The normalized spacial score (nSPS) is 16.6. The Bertz CT molecular complexity index is 782. The number of halogens is 2. The number of hydrogen-bond donors (Lipinski definition) is 0. The van der Waals surface area contributed by atoms with Crippen LogP contribution in [0.1, 0.15) is 47.5 Å². The lowest BCUT2D eigenvalue weighted by Gasteiger charge is -2.25. The predicted molar refractivity (Wildman–Crippen MR) is 114 cm³/mol. The maximum absolute atomic E-state index is 13.0. The van der Waals surface area contributed by atoms with Crippen LogP contribution in [-0.2, 0) is 0 Å². The van der Waals surface area contributed by atoms with Crippen LogP contribution in [0.25, 0.3) is 0 Å². The van der Waals surface area contributed by atoms with Gasteiger partial charge in [0.25, 0.3) is 5.91 Å². The Kier molecular flexibility index (Phi) is 7.33. The summed E-state index contributed by atoms with van der Waals surface area (Å²) in [7, 11) is 0. The van der Waals surface area contributed by atoms with E-state index in [1.54, 1.807) is 17.8 Å². The second-order valence-corrected chi connectivity index (χ2v) is 8.50. The van der Waals surface area contributed by atoms with Gasteiger partial charge in [0.1, 0.15) is 11.1 Å². The highest BCUT2D eigenvalue weighted by atomic mass is 35.5. The van der Waals surface area contributed by atoms with Crippen molar-refractivity contribution in [3.63, 3.8) is 0 Å². The molecule has 3 nitrogen and oxygen atoms in total. The van der Waals surface area contributed by atoms with Gasteiger partial charge in [-0.25, -0.2) is 0 Å². The van der Waals surface area contributed by atoms with E-state index in [9.17, 15) is 4.79 Å². The highest BCUT2D eigenvalue weighted by molar-refractivity contribution is 7.99. The van der Waals surface area contributed by atoms with Gasteiger partial charge in [-0.1, -0.05) is 49.0 Å². The van der Waals surface area contributed by atoms with Crippen molar-refractivity contribution >= 4 is 40.9 Å². The van der Waals surface area contributed by atoms with E-state index in [1.807, 2.05) is 41.3 Å².